The molecule has 2 saturated carbocycles. The van der Waals surface area contributed by atoms with Crippen LogP contribution in [0.4, 0.5) is 0 Å². The minimum absolute atomic E-state index is 0.547. The Morgan fingerprint density at radius 1 is 1.20 bits per heavy atom. The second-order valence-electron chi connectivity index (χ2n) is 6.94. The van der Waals surface area contributed by atoms with Crippen LogP contribution in [0.15, 0.2) is 4.42 Å². The second kappa shape index (κ2) is 6.25. The van der Waals surface area contributed by atoms with E-state index < -0.39 is 0 Å². The third kappa shape index (κ3) is 3.40. The van der Waals surface area contributed by atoms with Crippen molar-refractivity contribution < 1.29 is 4.42 Å². The molecule has 1 N–H and O–H groups in total. The van der Waals surface area contributed by atoms with Crippen LogP contribution in [0.5, 0.6) is 0 Å². The van der Waals surface area contributed by atoms with Gasteiger partial charge >= 0.3 is 0 Å². The highest BCUT2D eigenvalue weighted by atomic mass is 16.4. The van der Waals surface area contributed by atoms with Crippen LogP contribution in [-0.2, 0) is 12.8 Å². The predicted octanol–water partition coefficient (Wildman–Crippen LogP) is 2.98. The zero-order valence-electron chi connectivity index (χ0n) is 12.8. The van der Waals surface area contributed by atoms with Crippen molar-refractivity contribution in [2.24, 2.45) is 17.8 Å². The van der Waals surface area contributed by atoms with Crippen molar-refractivity contribution in [1.82, 2.24) is 15.5 Å². The van der Waals surface area contributed by atoms with Gasteiger partial charge in [-0.1, -0.05) is 20.3 Å². The first kappa shape index (κ1) is 14.1. The summed E-state index contributed by atoms with van der Waals surface area (Å²) in [6.45, 7) is 5.35. The summed E-state index contributed by atoms with van der Waals surface area (Å²) in [5, 5.41) is 11.8. The summed E-state index contributed by atoms with van der Waals surface area (Å²) in [4.78, 5) is 0. The van der Waals surface area contributed by atoms with E-state index in [1.807, 2.05) is 0 Å². The molecule has 3 unspecified atom stereocenters. The van der Waals surface area contributed by atoms with E-state index in [4.69, 9.17) is 4.42 Å². The molecule has 2 aliphatic rings. The molecule has 1 aromatic heterocycles. The summed E-state index contributed by atoms with van der Waals surface area (Å²) in [5.74, 6) is 4.42. The second-order valence-corrected chi connectivity index (χ2v) is 6.94. The number of nitrogens with one attached hydrogen (secondary N) is 1. The van der Waals surface area contributed by atoms with E-state index in [-0.39, 0.29) is 0 Å². The van der Waals surface area contributed by atoms with Crippen LogP contribution < -0.4 is 5.32 Å². The highest BCUT2D eigenvalue weighted by Crippen LogP contribution is 2.49. The molecule has 112 valence electrons. The van der Waals surface area contributed by atoms with Gasteiger partial charge < -0.3 is 9.73 Å². The Kier molecular flexibility index (Phi) is 4.39. The zero-order chi connectivity index (χ0) is 13.9. The van der Waals surface area contributed by atoms with Crippen molar-refractivity contribution in [2.75, 3.05) is 6.54 Å². The van der Waals surface area contributed by atoms with E-state index in [2.05, 4.69) is 29.4 Å². The normalized spacial score (nSPS) is 28.6. The maximum absolute atomic E-state index is 5.81. The third-order valence-electron chi connectivity index (χ3n) is 4.95. The first-order valence-corrected chi connectivity index (χ1v) is 8.25. The lowest BCUT2D eigenvalue weighted by molar-refractivity contribution is 0.303. The number of fused-ring (bicyclic) bond motifs is 2. The quantitative estimate of drug-likeness (QED) is 0.778. The molecule has 0 radical (unpaired) electrons. The Hall–Kier alpha value is -0.900. The summed E-state index contributed by atoms with van der Waals surface area (Å²) < 4.78 is 5.81. The molecule has 0 saturated heterocycles. The van der Waals surface area contributed by atoms with Gasteiger partial charge in [0.2, 0.25) is 11.8 Å². The molecule has 0 amide bonds. The number of hydrogen-bond donors (Lipinski definition) is 1. The molecule has 1 aromatic rings. The van der Waals surface area contributed by atoms with E-state index in [9.17, 15) is 0 Å². The molecule has 4 nitrogen and oxygen atoms in total. The number of aromatic nitrogens is 2. The fourth-order valence-electron chi connectivity index (χ4n) is 3.95. The molecular formula is C16H27N3O. The van der Waals surface area contributed by atoms with Gasteiger partial charge in [-0.15, -0.1) is 10.2 Å². The van der Waals surface area contributed by atoms with Crippen molar-refractivity contribution in [3.63, 3.8) is 0 Å². The molecule has 2 fully saturated rings. The molecule has 0 spiro atoms. The van der Waals surface area contributed by atoms with Gasteiger partial charge in [0.05, 0.1) is 0 Å². The average molecular weight is 277 g/mol. The van der Waals surface area contributed by atoms with E-state index in [1.54, 1.807) is 0 Å². The minimum Gasteiger partial charge on any atom is -0.425 e. The molecule has 20 heavy (non-hydrogen) atoms. The lowest BCUT2D eigenvalue weighted by Gasteiger charge is -2.19. The Labute approximate surface area is 121 Å². The van der Waals surface area contributed by atoms with E-state index in [0.29, 0.717) is 6.04 Å². The average Bonchev–Trinajstić information content (AvgIpc) is 3.11. The smallest absolute Gasteiger partial charge is 0.216 e. The highest BCUT2D eigenvalue weighted by molar-refractivity contribution is 4.94. The third-order valence-corrected chi connectivity index (χ3v) is 4.95. The molecule has 3 atom stereocenters. The van der Waals surface area contributed by atoms with Crippen molar-refractivity contribution in [3.05, 3.63) is 11.8 Å². The molecule has 3 rings (SSSR count). The maximum Gasteiger partial charge on any atom is 0.216 e. The molecule has 0 aromatic carbocycles. The van der Waals surface area contributed by atoms with Crippen LogP contribution in [0.2, 0.25) is 0 Å². The standard InChI is InChI=1S/C16H27N3O/c1-11(2)17-7-3-4-15-18-19-16(20-15)10-14-9-12-5-6-13(14)8-12/h11-14,17H,3-10H2,1-2H3. The zero-order valence-corrected chi connectivity index (χ0v) is 12.8. The fraction of sp³-hybridized carbons (Fsp3) is 0.875. The lowest BCUT2D eigenvalue weighted by Crippen LogP contribution is -2.23. The van der Waals surface area contributed by atoms with Crippen LogP contribution in [0.3, 0.4) is 0 Å². The van der Waals surface area contributed by atoms with E-state index in [0.717, 1.165) is 55.3 Å². The summed E-state index contributed by atoms with van der Waals surface area (Å²) >= 11 is 0. The van der Waals surface area contributed by atoms with E-state index >= 15 is 0 Å². The van der Waals surface area contributed by atoms with Crippen molar-refractivity contribution in [1.29, 1.82) is 0 Å². The summed E-state index contributed by atoms with van der Waals surface area (Å²) in [5.41, 5.74) is 0. The summed E-state index contributed by atoms with van der Waals surface area (Å²) in [6, 6.07) is 0.547. The molecule has 2 bridgehead atoms. The molecule has 0 aliphatic heterocycles. The number of nitrogens with zero attached hydrogens (tertiary/aromatic N) is 2. The number of aryl methyl sites for hydroxylation is 1. The minimum atomic E-state index is 0.547. The lowest BCUT2D eigenvalue weighted by atomic mass is 9.86. The Bertz CT molecular complexity index is 429. The van der Waals surface area contributed by atoms with Gasteiger partial charge in [-0.3, -0.25) is 0 Å². The first-order valence-electron chi connectivity index (χ1n) is 8.25. The summed E-state index contributed by atoms with van der Waals surface area (Å²) in [6.07, 6.45) is 8.69. The van der Waals surface area contributed by atoms with Gasteiger partial charge in [0.15, 0.2) is 0 Å². The van der Waals surface area contributed by atoms with Crippen molar-refractivity contribution in [3.8, 4) is 0 Å². The van der Waals surface area contributed by atoms with Crippen LogP contribution in [0.1, 0.15) is 57.7 Å². The van der Waals surface area contributed by atoms with Gasteiger partial charge in [-0.05, 0) is 50.0 Å². The van der Waals surface area contributed by atoms with Crippen molar-refractivity contribution in [2.45, 2.75) is 64.8 Å². The van der Waals surface area contributed by atoms with Gasteiger partial charge in [0.25, 0.3) is 0 Å². The number of hydrogen-bond acceptors (Lipinski definition) is 4. The Morgan fingerprint density at radius 3 is 2.75 bits per heavy atom. The largest absolute Gasteiger partial charge is 0.425 e. The fourth-order valence-corrected chi connectivity index (χ4v) is 3.95. The maximum atomic E-state index is 5.81. The van der Waals surface area contributed by atoms with E-state index in [1.165, 1.54) is 25.7 Å². The first-order chi connectivity index (χ1) is 9.70. The predicted molar refractivity (Wildman–Crippen MR) is 78.4 cm³/mol. The van der Waals surface area contributed by atoms with Crippen LogP contribution in [0, 0.1) is 17.8 Å². The van der Waals surface area contributed by atoms with Crippen LogP contribution in [0.25, 0.3) is 0 Å². The molecule has 1 heterocycles. The Morgan fingerprint density at radius 2 is 2.05 bits per heavy atom. The topological polar surface area (TPSA) is 51.0 Å². The van der Waals surface area contributed by atoms with Gasteiger partial charge in [0.1, 0.15) is 0 Å². The van der Waals surface area contributed by atoms with Crippen LogP contribution in [-0.4, -0.2) is 22.8 Å². The molecular weight excluding hydrogens is 250 g/mol. The SMILES string of the molecule is CC(C)NCCCc1nnc(CC2CC3CCC2C3)o1. The Balaban J connectivity index is 1.43. The van der Waals surface area contributed by atoms with Crippen LogP contribution >= 0.6 is 0 Å². The van der Waals surface area contributed by atoms with Gasteiger partial charge in [0, 0.05) is 18.9 Å². The monoisotopic (exact) mass is 277 g/mol. The highest BCUT2D eigenvalue weighted by Gasteiger charge is 2.39. The van der Waals surface area contributed by atoms with Gasteiger partial charge in [-0.2, -0.15) is 0 Å². The number of rotatable bonds is 7. The molecule has 2 aliphatic carbocycles. The summed E-state index contributed by atoms with van der Waals surface area (Å²) in [7, 11) is 0. The van der Waals surface area contributed by atoms with Gasteiger partial charge in [-0.25, -0.2) is 0 Å². The van der Waals surface area contributed by atoms with Crippen molar-refractivity contribution >= 4 is 0 Å². The molecule has 4 heteroatoms.